The van der Waals surface area contributed by atoms with Crippen molar-refractivity contribution in [1.29, 1.82) is 0 Å². The first-order valence-corrected chi connectivity index (χ1v) is 8.67. The summed E-state index contributed by atoms with van der Waals surface area (Å²) in [5, 5.41) is 3.72. The van der Waals surface area contributed by atoms with Gasteiger partial charge in [0.15, 0.2) is 0 Å². The fraction of sp³-hybridized carbons (Fsp3) is 0.667. The highest BCUT2D eigenvalue weighted by atomic mass is 35.5. The van der Waals surface area contributed by atoms with Crippen LogP contribution in [0.5, 0.6) is 0 Å². The predicted octanol–water partition coefficient (Wildman–Crippen LogP) is 5.07. The molecule has 3 heteroatoms. The van der Waals surface area contributed by atoms with Crippen molar-refractivity contribution in [3.8, 4) is 0 Å². The molecule has 0 aromatic heterocycles. The Morgan fingerprint density at radius 1 is 1.24 bits per heavy atom. The highest BCUT2D eigenvalue weighted by Gasteiger charge is 2.30. The SMILES string of the molecule is CCNCC1CCC(CC)CC1Cc1cccc(Cl)c1F. The number of nitrogens with one attached hydrogen (secondary N) is 1. The van der Waals surface area contributed by atoms with Crippen LogP contribution in [0.1, 0.15) is 45.1 Å². The lowest BCUT2D eigenvalue weighted by molar-refractivity contribution is 0.171. The van der Waals surface area contributed by atoms with Crippen molar-refractivity contribution >= 4 is 11.6 Å². The predicted molar refractivity (Wildman–Crippen MR) is 88.3 cm³/mol. The number of halogens is 2. The average Bonchev–Trinajstić information content (AvgIpc) is 2.50. The van der Waals surface area contributed by atoms with Crippen LogP contribution in [-0.2, 0) is 6.42 Å². The molecule has 1 aromatic rings. The minimum absolute atomic E-state index is 0.222. The third-order valence-corrected chi connectivity index (χ3v) is 5.29. The van der Waals surface area contributed by atoms with Crippen LogP contribution in [0.25, 0.3) is 0 Å². The number of hydrogen-bond acceptors (Lipinski definition) is 1. The Balaban J connectivity index is 2.09. The van der Waals surface area contributed by atoms with Crippen molar-refractivity contribution in [2.45, 2.75) is 46.0 Å². The zero-order valence-corrected chi connectivity index (χ0v) is 13.9. The Morgan fingerprint density at radius 2 is 2.05 bits per heavy atom. The second kappa shape index (κ2) is 8.14. The quantitative estimate of drug-likeness (QED) is 0.773. The summed E-state index contributed by atoms with van der Waals surface area (Å²) in [4.78, 5) is 0. The summed E-state index contributed by atoms with van der Waals surface area (Å²) in [5.41, 5.74) is 0.783. The highest BCUT2D eigenvalue weighted by molar-refractivity contribution is 6.30. The van der Waals surface area contributed by atoms with E-state index in [4.69, 9.17) is 11.6 Å². The van der Waals surface area contributed by atoms with Crippen LogP contribution in [-0.4, -0.2) is 13.1 Å². The van der Waals surface area contributed by atoms with Crippen molar-refractivity contribution in [2.24, 2.45) is 17.8 Å². The first-order chi connectivity index (χ1) is 10.2. The van der Waals surface area contributed by atoms with Crippen LogP contribution >= 0.6 is 11.6 Å². The second-order valence-corrected chi connectivity index (χ2v) is 6.74. The van der Waals surface area contributed by atoms with E-state index in [9.17, 15) is 4.39 Å². The van der Waals surface area contributed by atoms with Crippen LogP contribution in [0.15, 0.2) is 18.2 Å². The van der Waals surface area contributed by atoms with E-state index in [2.05, 4.69) is 19.2 Å². The van der Waals surface area contributed by atoms with Gasteiger partial charge < -0.3 is 5.32 Å². The third kappa shape index (κ3) is 4.43. The minimum atomic E-state index is -0.222. The van der Waals surface area contributed by atoms with E-state index in [0.29, 0.717) is 11.8 Å². The monoisotopic (exact) mass is 311 g/mol. The fourth-order valence-corrected chi connectivity index (χ4v) is 3.83. The molecule has 1 nitrogen and oxygen atoms in total. The second-order valence-electron chi connectivity index (χ2n) is 6.33. The zero-order chi connectivity index (χ0) is 15.2. The maximum Gasteiger partial charge on any atom is 0.144 e. The van der Waals surface area contributed by atoms with Crippen molar-refractivity contribution in [1.82, 2.24) is 5.32 Å². The van der Waals surface area contributed by atoms with Gasteiger partial charge in [-0.2, -0.15) is 0 Å². The van der Waals surface area contributed by atoms with Crippen LogP contribution < -0.4 is 5.32 Å². The van der Waals surface area contributed by atoms with Gasteiger partial charge in [-0.1, -0.05) is 50.4 Å². The van der Waals surface area contributed by atoms with E-state index >= 15 is 0 Å². The lowest BCUT2D eigenvalue weighted by Crippen LogP contribution is -2.34. The number of hydrogen-bond donors (Lipinski definition) is 1. The van der Waals surface area contributed by atoms with Gasteiger partial charge in [0.2, 0.25) is 0 Å². The summed E-state index contributed by atoms with van der Waals surface area (Å²) < 4.78 is 14.2. The molecular weight excluding hydrogens is 285 g/mol. The topological polar surface area (TPSA) is 12.0 Å². The van der Waals surface area contributed by atoms with Gasteiger partial charge in [-0.05, 0) is 61.7 Å². The van der Waals surface area contributed by atoms with Gasteiger partial charge in [0, 0.05) is 0 Å². The molecule has 1 fully saturated rings. The molecule has 2 rings (SSSR count). The Labute approximate surface area is 133 Å². The summed E-state index contributed by atoms with van der Waals surface area (Å²) >= 11 is 5.92. The number of rotatable bonds is 6. The molecule has 21 heavy (non-hydrogen) atoms. The molecule has 3 atom stereocenters. The van der Waals surface area contributed by atoms with E-state index in [-0.39, 0.29) is 10.8 Å². The largest absolute Gasteiger partial charge is 0.317 e. The first kappa shape index (κ1) is 16.8. The smallest absolute Gasteiger partial charge is 0.144 e. The van der Waals surface area contributed by atoms with E-state index in [1.54, 1.807) is 6.07 Å². The van der Waals surface area contributed by atoms with Crippen molar-refractivity contribution < 1.29 is 4.39 Å². The maximum atomic E-state index is 14.2. The standard InChI is InChI=1S/C18H27ClFN/c1-3-13-8-9-15(12-21-4-2)16(10-13)11-14-6-5-7-17(19)18(14)20/h5-7,13,15-16,21H,3-4,8-12H2,1-2H3. The van der Waals surface area contributed by atoms with Crippen LogP contribution in [0.4, 0.5) is 4.39 Å². The van der Waals surface area contributed by atoms with Crippen LogP contribution in [0, 0.1) is 23.6 Å². The Morgan fingerprint density at radius 3 is 2.76 bits per heavy atom. The maximum absolute atomic E-state index is 14.2. The van der Waals surface area contributed by atoms with Crippen LogP contribution in [0.2, 0.25) is 5.02 Å². The molecule has 1 N–H and O–H groups in total. The van der Waals surface area contributed by atoms with Crippen molar-refractivity contribution in [3.63, 3.8) is 0 Å². The van der Waals surface area contributed by atoms with Gasteiger partial charge in [-0.3, -0.25) is 0 Å². The summed E-state index contributed by atoms with van der Waals surface area (Å²) in [6.07, 6.45) is 5.86. The van der Waals surface area contributed by atoms with E-state index in [0.717, 1.165) is 31.0 Å². The molecule has 0 radical (unpaired) electrons. The third-order valence-electron chi connectivity index (χ3n) is 5.00. The van der Waals surface area contributed by atoms with Gasteiger partial charge in [0.25, 0.3) is 0 Å². The molecular formula is C18H27ClFN. The van der Waals surface area contributed by atoms with E-state index < -0.39 is 0 Å². The lowest BCUT2D eigenvalue weighted by atomic mass is 9.71. The molecule has 1 saturated carbocycles. The van der Waals surface area contributed by atoms with Gasteiger partial charge in [0.05, 0.1) is 5.02 Å². The first-order valence-electron chi connectivity index (χ1n) is 8.29. The van der Waals surface area contributed by atoms with Crippen molar-refractivity contribution in [2.75, 3.05) is 13.1 Å². The molecule has 1 aliphatic carbocycles. The Kier molecular flexibility index (Phi) is 6.50. The van der Waals surface area contributed by atoms with E-state index in [1.165, 1.54) is 25.7 Å². The van der Waals surface area contributed by atoms with Gasteiger partial charge in [0.1, 0.15) is 5.82 Å². The van der Waals surface area contributed by atoms with Crippen molar-refractivity contribution in [3.05, 3.63) is 34.6 Å². The Bertz CT molecular complexity index is 449. The van der Waals surface area contributed by atoms with Gasteiger partial charge >= 0.3 is 0 Å². The molecule has 0 aliphatic heterocycles. The summed E-state index contributed by atoms with van der Waals surface area (Å²) in [6.45, 7) is 6.47. The average molecular weight is 312 g/mol. The summed E-state index contributed by atoms with van der Waals surface area (Å²) in [7, 11) is 0. The molecule has 3 unspecified atom stereocenters. The van der Waals surface area contributed by atoms with Crippen LogP contribution in [0.3, 0.4) is 0 Å². The van der Waals surface area contributed by atoms with Gasteiger partial charge in [-0.15, -0.1) is 0 Å². The minimum Gasteiger partial charge on any atom is -0.317 e. The molecule has 1 aliphatic rings. The number of benzene rings is 1. The highest BCUT2D eigenvalue weighted by Crippen LogP contribution is 2.37. The van der Waals surface area contributed by atoms with Gasteiger partial charge in [-0.25, -0.2) is 4.39 Å². The fourth-order valence-electron chi connectivity index (χ4n) is 3.63. The molecule has 0 bridgehead atoms. The molecule has 0 saturated heterocycles. The molecule has 0 amide bonds. The zero-order valence-electron chi connectivity index (χ0n) is 13.2. The normalized spacial score (nSPS) is 26.0. The molecule has 1 aromatic carbocycles. The summed E-state index contributed by atoms with van der Waals surface area (Å²) in [6, 6.07) is 5.38. The lowest BCUT2D eigenvalue weighted by Gasteiger charge is -2.36. The molecule has 0 spiro atoms. The molecule has 118 valence electrons. The van der Waals surface area contributed by atoms with E-state index in [1.807, 2.05) is 12.1 Å². The Hall–Kier alpha value is -0.600. The summed E-state index contributed by atoms with van der Waals surface area (Å²) in [5.74, 6) is 1.80. The molecule has 0 heterocycles.